The number of nitrogens with zero attached hydrogens (tertiary/aromatic N) is 3. The molecule has 1 aliphatic heterocycles. The van der Waals surface area contributed by atoms with Gasteiger partial charge in [-0.1, -0.05) is 13.8 Å². The first-order valence-corrected chi connectivity index (χ1v) is 8.63. The third kappa shape index (κ3) is 3.76. The third-order valence-electron chi connectivity index (χ3n) is 4.49. The van der Waals surface area contributed by atoms with Gasteiger partial charge in [-0.2, -0.15) is 0 Å². The molecule has 1 N–H and O–H groups in total. The largest absolute Gasteiger partial charge is 0.363 e. The zero-order chi connectivity index (χ0) is 19.7. The van der Waals surface area contributed by atoms with Crippen LogP contribution < -0.4 is 15.9 Å². The lowest BCUT2D eigenvalue weighted by Crippen LogP contribution is -2.52. The highest BCUT2D eigenvalue weighted by atomic mass is 19.1. The molecule has 9 heteroatoms. The van der Waals surface area contributed by atoms with Crippen molar-refractivity contribution in [3.05, 3.63) is 56.6 Å². The average molecular weight is 378 g/mol. The molecule has 0 aliphatic carbocycles. The van der Waals surface area contributed by atoms with Crippen LogP contribution in [0.3, 0.4) is 0 Å². The first-order valence-electron chi connectivity index (χ1n) is 8.63. The van der Waals surface area contributed by atoms with Gasteiger partial charge in [-0.25, -0.2) is 13.5 Å². The van der Waals surface area contributed by atoms with E-state index in [1.54, 1.807) is 9.80 Å². The lowest BCUT2D eigenvalue weighted by Gasteiger charge is -2.36. The van der Waals surface area contributed by atoms with E-state index in [-0.39, 0.29) is 23.2 Å². The summed E-state index contributed by atoms with van der Waals surface area (Å²) in [6, 6.07) is 2.59. The zero-order valence-electron chi connectivity index (χ0n) is 15.0. The van der Waals surface area contributed by atoms with E-state index in [0.29, 0.717) is 32.2 Å². The quantitative estimate of drug-likeness (QED) is 0.812. The summed E-state index contributed by atoms with van der Waals surface area (Å²) in [6.07, 6.45) is 1.34. The molecule has 0 spiro atoms. The molecule has 1 amide bonds. The summed E-state index contributed by atoms with van der Waals surface area (Å²) in [5.41, 5.74) is -1.64. The highest BCUT2D eigenvalue weighted by molar-refractivity contribution is 5.78. The number of benzene rings is 1. The van der Waals surface area contributed by atoms with E-state index in [2.05, 4.69) is 5.10 Å². The maximum Gasteiger partial charge on any atom is 0.319 e. The molecule has 0 atom stereocenters. The van der Waals surface area contributed by atoms with Crippen LogP contribution in [0.15, 0.2) is 34.0 Å². The van der Waals surface area contributed by atoms with Crippen LogP contribution >= 0.6 is 0 Å². The van der Waals surface area contributed by atoms with E-state index in [1.165, 1.54) is 6.20 Å². The van der Waals surface area contributed by atoms with Crippen molar-refractivity contribution in [2.24, 2.45) is 5.92 Å². The Balaban J connectivity index is 1.85. The Labute approximate surface area is 153 Å². The smallest absolute Gasteiger partial charge is 0.319 e. The molecule has 2 aromatic rings. The molecule has 144 valence electrons. The van der Waals surface area contributed by atoms with Crippen molar-refractivity contribution in [2.45, 2.75) is 13.8 Å². The predicted molar refractivity (Wildman–Crippen MR) is 96.2 cm³/mol. The monoisotopic (exact) mass is 378 g/mol. The van der Waals surface area contributed by atoms with Crippen LogP contribution in [-0.2, 0) is 4.79 Å². The summed E-state index contributed by atoms with van der Waals surface area (Å²) in [5.74, 6) is -1.76. The Morgan fingerprint density at radius 3 is 2.19 bits per heavy atom. The van der Waals surface area contributed by atoms with Crippen LogP contribution in [-0.4, -0.2) is 46.8 Å². The number of aromatic amines is 1. The number of H-pyrrole nitrogens is 1. The molecule has 1 fully saturated rings. The average Bonchev–Trinajstić information content (AvgIpc) is 2.62. The Kier molecular flexibility index (Phi) is 5.11. The van der Waals surface area contributed by atoms with Gasteiger partial charge in [-0.05, 0) is 12.1 Å². The van der Waals surface area contributed by atoms with Gasteiger partial charge in [0, 0.05) is 44.4 Å². The van der Waals surface area contributed by atoms with Gasteiger partial charge in [-0.3, -0.25) is 19.5 Å². The van der Waals surface area contributed by atoms with Crippen molar-refractivity contribution >= 4 is 11.6 Å². The number of nitrogens with one attached hydrogen (secondary N) is 1. The minimum absolute atomic E-state index is 0.0482. The standard InChI is InChI=1S/C18H20F2N4O3/c1-11(2)17(26)23-5-3-22(4-6-23)15-10-21-24(18(27)16(15)25)14-8-12(19)7-13(20)9-14/h7-11,21H,3-6H2,1-2H3. The molecule has 0 radical (unpaired) electrons. The van der Waals surface area contributed by atoms with E-state index in [9.17, 15) is 23.2 Å². The number of hydrogen-bond acceptors (Lipinski definition) is 4. The maximum atomic E-state index is 13.4. The van der Waals surface area contributed by atoms with Crippen LogP contribution in [0, 0.1) is 17.6 Å². The number of rotatable bonds is 3. The summed E-state index contributed by atoms with van der Waals surface area (Å²) in [5, 5.41) is 2.61. The third-order valence-corrected chi connectivity index (χ3v) is 4.49. The first kappa shape index (κ1) is 18.8. The predicted octanol–water partition coefficient (Wildman–Crippen LogP) is 1.11. The van der Waals surface area contributed by atoms with Gasteiger partial charge in [0.2, 0.25) is 5.91 Å². The van der Waals surface area contributed by atoms with Crippen molar-refractivity contribution < 1.29 is 13.6 Å². The number of aromatic nitrogens is 2. The molecule has 0 unspecified atom stereocenters. The molecule has 1 aromatic carbocycles. The van der Waals surface area contributed by atoms with E-state index in [4.69, 9.17) is 0 Å². The molecule has 2 heterocycles. The molecular weight excluding hydrogens is 358 g/mol. The Morgan fingerprint density at radius 2 is 1.63 bits per heavy atom. The zero-order valence-corrected chi connectivity index (χ0v) is 15.0. The molecule has 0 saturated carbocycles. The maximum absolute atomic E-state index is 13.4. The molecule has 1 aliphatic rings. The second-order valence-corrected chi connectivity index (χ2v) is 6.72. The molecule has 1 saturated heterocycles. The highest BCUT2D eigenvalue weighted by Gasteiger charge is 2.25. The first-order chi connectivity index (χ1) is 12.8. The Morgan fingerprint density at radius 1 is 1.04 bits per heavy atom. The minimum atomic E-state index is -0.932. The van der Waals surface area contributed by atoms with Crippen molar-refractivity contribution in [1.82, 2.24) is 14.7 Å². The van der Waals surface area contributed by atoms with Gasteiger partial charge in [0.15, 0.2) is 0 Å². The van der Waals surface area contributed by atoms with Gasteiger partial charge in [-0.15, -0.1) is 0 Å². The van der Waals surface area contributed by atoms with Gasteiger partial charge < -0.3 is 9.80 Å². The van der Waals surface area contributed by atoms with Crippen molar-refractivity contribution in [2.75, 3.05) is 31.1 Å². The number of piperazine rings is 1. The lowest BCUT2D eigenvalue weighted by atomic mass is 10.1. The fourth-order valence-electron chi connectivity index (χ4n) is 3.09. The molecule has 7 nitrogen and oxygen atoms in total. The molecule has 27 heavy (non-hydrogen) atoms. The summed E-state index contributed by atoms with van der Waals surface area (Å²) in [4.78, 5) is 40.4. The van der Waals surface area contributed by atoms with Gasteiger partial charge in [0.25, 0.3) is 5.43 Å². The normalized spacial score (nSPS) is 14.7. The van der Waals surface area contributed by atoms with E-state index < -0.39 is 22.6 Å². The van der Waals surface area contributed by atoms with Crippen molar-refractivity contribution in [3.8, 4) is 5.69 Å². The fraction of sp³-hybridized carbons (Fsp3) is 0.389. The van der Waals surface area contributed by atoms with Crippen LogP contribution in [0.1, 0.15) is 13.8 Å². The SMILES string of the molecule is CC(C)C(=O)N1CCN(c2c[nH]n(-c3cc(F)cc(F)c3)c(=O)c2=O)CC1. The molecular formula is C18H20F2N4O3. The summed E-state index contributed by atoms with van der Waals surface area (Å²) in [6.45, 7) is 5.39. The topological polar surface area (TPSA) is 78.4 Å². The number of anilines is 1. The van der Waals surface area contributed by atoms with E-state index in [1.807, 2.05) is 13.8 Å². The van der Waals surface area contributed by atoms with Gasteiger partial charge >= 0.3 is 5.56 Å². The highest BCUT2D eigenvalue weighted by Crippen LogP contribution is 2.13. The van der Waals surface area contributed by atoms with E-state index in [0.717, 1.165) is 16.8 Å². The van der Waals surface area contributed by atoms with Crippen molar-refractivity contribution in [3.63, 3.8) is 0 Å². The van der Waals surface area contributed by atoms with E-state index >= 15 is 0 Å². The minimum Gasteiger partial charge on any atom is -0.363 e. The van der Waals surface area contributed by atoms with Crippen LogP contribution in [0.5, 0.6) is 0 Å². The summed E-state index contributed by atoms with van der Waals surface area (Å²) < 4.78 is 27.6. The number of halogens is 2. The van der Waals surface area contributed by atoms with Crippen LogP contribution in [0.4, 0.5) is 14.5 Å². The molecule has 1 aromatic heterocycles. The molecule has 0 bridgehead atoms. The fourth-order valence-corrected chi connectivity index (χ4v) is 3.09. The van der Waals surface area contributed by atoms with Gasteiger partial charge in [0.05, 0.1) is 5.69 Å². The van der Waals surface area contributed by atoms with Crippen molar-refractivity contribution in [1.29, 1.82) is 0 Å². The second kappa shape index (κ2) is 7.34. The van der Waals surface area contributed by atoms with Crippen LogP contribution in [0.25, 0.3) is 5.69 Å². The lowest BCUT2D eigenvalue weighted by molar-refractivity contribution is -0.134. The second-order valence-electron chi connectivity index (χ2n) is 6.72. The number of amides is 1. The number of carbonyl (C=O) groups excluding carboxylic acids is 1. The Bertz CT molecular complexity index is 955. The summed E-state index contributed by atoms with van der Waals surface area (Å²) in [7, 11) is 0. The van der Waals surface area contributed by atoms with Gasteiger partial charge in [0.1, 0.15) is 17.3 Å². The Hall–Kier alpha value is -2.97. The number of carbonyl (C=O) groups is 1. The number of hydrogen-bond donors (Lipinski definition) is 1. The molecule has 3 rings (SSSR count). The van der Waals surface area contributed by atoms with Crippen LogP contribution in [0.2, 0.25) is 0 Å². The summed E-state index contributed by atoms with van der Waals surface area (Å²) >= 11 is 0.